The molecule has 30 heavy (non-hydrogen) atoms. The van der Waals surface area contributed by atoms with E-state index in [1.165, 1.54) is 12.1 Å². The molecule has 1 amide bonds. The molecular formula is C21H22ClFN6O. The zero-order valence-electron chi connectivity index (χ0n) is 16.5. The highest BCUT2D eigenvalue weighted by Crippen LogP contribution is 2.24. The van der Waals surface area contributed by atoms with Crippen molar-refractivity contribution >= 4 is 29.1 Å². The normalized spacial score (nSPS) is 16.5. The standard InChI is InChI=1S/C21H22ClFN6O/c1-13-10-19(28-27-13)26-17-7-8-24-18(25-17)11-14-4-3-9-29(12-14)21(30)15-5-2-6-16(22)20(15)23/h2,5-8,10,14H,3-4,9,11-12H2,1H3,(H2,24,25,26,27,28). The number of amides is 1. The van der Waals surface area contributed by atoms with Gasteiger partial charge in [-0.3, -0.25) is 9.89 Å². The lowest BCUT2D eigenvalue weighted by atomic mass is 9.94. The van der Waals surface area contributed by atoms with Gasteiger partial charge in [-0.15, -0.1) is 0 Å². The molecule has 9 heteroatoms. The first-order valence-electron chi connectivity index (χ1n) is 9.84. The van der Waals surface area contributed by atoms with Gasteiger partial charge in [-0.1, -0.05) is 17.7 Å². The van der Waals surface area contributed by atoms with Crippen LogP contribution in [-0.4, -0.2) is 44.1 Å². The SMILES string of the molecule is Cc1cc(Nc2ccnc(CC3CCCN(C(=O)c4cccc(Cl)c4F)C3)n2)n[nH]1. The summed E-state index contributed by atoms with van der Waals surface area (Å²) in [5, 5.41) is 10.1. The zero-order valence-corrected chi connectivity index (χ0v) is 17.3. The van der Waals surface area contributed by atoms with Crippen molar-refractivity contribution in [1.82, 2.24) is 25.1 Å². The Morgan fingerprint density at radius 1 is 1.37 bits per heavy atom. The van der Waals surface area contributed by atoms with Gasteiger partial charge in [-0.05, 0) is 43.9 Å². The number of likely N-dealkylation sites (tertiary alicyclic amines) is 1. The number of aromatic amines is 1. The van der Waals surface area contributed by atoms with Crippen LogP contribution in [0.5, 0.6) is 0 Å². The second-order valence-electron chi connectivity index (χ2n) is 7.48. The van der Waals surface area contributed by atoms with Crippen molar-refractivity contribution in [3.8, 4) is 0 Å². The van der Waals surface area contributed by atoms with E-state index in [4.69, 9.17) is 11.6 Å². The van der Waals surface area contributed by atoms with Gasteiger partial charge in [-0.2, -0.15) is 5.10 Å². The van der Waals surface area contributed by atoms with Crippen LogP contribution in [0.25, 0.3) is 0 Å². The molecule has 1 fully saturated rings. The minimum Gasteiger partial charge on any atom is -0.338 e. The Bertz CT molecular complexity index is 1060. The van der Waals surface area contributed by atoms with Gasteiger partial charge in [-0.25, -0.2) is 14.4 Å². The first-order chi connectivity index (χ1) is 14.5. The van der Waals surface area contributed by atoms with E-state index in [1.54, 1.807) is 23.2 Å². The Kier molecular flexibility index (Phi) is 5.94. The number of rotatable bonds is 5. The van der Waals surface area contributed by atoms with Gasteiger partial charge in [0.25, 0.3) is 5.91 Å². The van der Waals surface area contributed by atoms with E-state index >= 15 is 0 Å². The molecule has 2 N–H and O–H groups in total. The molecule has 1 unspecified atom stereocenters. The third-order valence-corrected chi connectivity index (χ3v) is 5.42. The van der Waals surface area contributed by atoms with Crippen LogP contribution in [0, 0.1) is 18.7 Å². The molecule has 0 radical (unpaired) electrons. The maximum Gasteiger partial charge on any atom is 0.256 e. The lowest BCUT2D eigenvalue weighted by Gasteiger charge is -2.32. The predicted octanol–water partition coefficient (Wildman–Crippen LogP) is 4.14. The highest BCUT2D eigenvalue weighted by atomic mass is 35.5. The van der Waals surface area contributed by atoms with Crippen LogP contribution in [0.2, 0.25) is 5.02 Å². The Morgan fingerprint density at radius 3 is 3.03 bits per heavy atom. The minimum absolute atomic E-state index is 0.0138. The Morgan fingerprint density at radius 2 is 2.23 bits per heavy atom. The molecule has 1 atom stereocenters. The summed E-state index contributed by atoms with van der Waals surface area (Å²) in [5.74, 6) is 1.26. The fourth-order valence-corrected chi connectivity index (χ4v) is 3.87. The van der Waals surface area contributed by atoms with E-state index in [-0.39, 0.29) is 22.4 Å². The summed E-state index contributed by atoms with van der Waals surface area (Å²) < 4.78 is 14.3. The summed E-state index contributed by atoms with van der Waals surface area (Å²) in [6, 6.07) is 8.18. The van der Waals surface area contributed by atoms with Crippen molar-refractivity contribution < 1.29 is 9.18 Å². The van der Waals surface area contributed by atoms with Crippen LogP contribution in [0.15, 0.2) is 36.5 Å². The molecule has 1 aromatic carbocycles. The monoisotopic (exact) mass is 428 g/mol. The van der Waals surface area contributed by atoms with E-state index in [2.05, 4.69) is 25.5 Å². The van der Waals surface area contributed by atoms with E-state index in [1.807, 2.05) is 13.0 Å². The third-order valence-electron chi connectivity index (χ3n) is 5.13. The van der Waals surface area contributed by atoms with Crippen LogP contribution in [-0.2, 0) is 6.42 Å². The summed E-state index contributed by atoms with van der Waals surface area (Å²) in [6.07, 6.45) is 4.15. The van der Waals surface area contributed by atoms with Gasteiger partial charge in [0.1, 0.15) is 11.6 Å². The first kappa shape index (κ1) is 20.3. The van der Waals surface area contributed by atoms with Crippen LogP contribution < -0.4 is 5.32 Å². The molecule has 1 saturated heterocycles. The number of aryl methyl sites for hydroxylation is 1. The van der Waals surface area contributed by atoms with Crippen molar-refractivity contribution in [2.75, 3.05) is 18.4 Å². The topological polar surface area (TPSA) is 86.8 Å². The molecular weight excluding hydrogens is 407 g/mol. The van der Waals surface area contributed by atoms with Crippen LogP contribution >= 0.6 is 11.6 Å². The van der Waals surface area contributed by atoms with Gasteiger partial charge in [0.2, 0.25) is 0 Å². The number of carbonyl (C=O) groups excluding carboxylic acids is 1. The molecule has 7 nitrogen and oxygen atoms in total. The summed E-state index contributed by atoms with van der Waals surface area (Å²) >= 11 is 5.83. The smallest absolute Gasteiger partial charge is 0.256 e. The summed E-state index contributed by atoms with van der Waals surface area (Å²) in [6.45, 7) is 3.06. The third kappa shape index (κ3) is 4.59. The van der Waals surface area contributed by atoms with Crippen LogP contribution in [0.3, 0.4) is 0 Å². The predicted molar refractivity (Wildman–Crippen MR) is 112 cm³/mol. The number of H-pyrrole nitrogens is 1. The van der Waals surface area contributed by atoms with E-state index < -0.39 is 5.82 Å². The molecule has 3 heterocycles. The van der Waals surface area contributed by atoms with E-state index in [9.17, 15) is 9.18 Å². The number of anilines is 2. The van der Waals surface area contributed by atoms with Crippen LogP contribution in [0.1, 0.15) is 34.7 Å². The molecule has 0 spiro atoms. The average Bonchev–Trinajstić information content (AvgIpc) is 3.14. The van der Waals surface area contributed by atoms with Crippen molar-refractivity contribution in [3.05, 3.63) is 64.5 Å². The average molecular weight is 429 g/mol. The zero-order chi connectivity index (χ0) is 21.1. The van der Waals surface area contributed by atoms with Gasteiger partial charge in [0.05, 0.1) is 10.6 Å². The fraction of sp³-hybridized carbons (Fsp3) is 0.333. The van der Waals surface area contributed by atoms with Crippen molar-refractivity contribution in [1.29, 1.82) is 0 Å². The quantitative estimate of drug-likeness (QED) is 0.637. The second-order valence-corrected chi connectivity index (χ2v) is 7.89. The highest BCUT2D eigenvalue weighted by molar-refractivity contribution is 6.31. The molecule has 0 saturated carbocycles. The molecule has 2 aromatic heterocycles. The molecule has 1 aliphatic rings. The molecule has 156 valence electrons. The number of benzene rings is 1. The molecule has 4 rings (SSSR count). The van der Waals surface area contributed by atoms with Gasteiger partial charge < -0.3 is 10.2 Å². The van der Waals surface area contributed by atoms with Crippen LogP contribution in [0.4, 0.5) is 16.0 Å². The Balaban J connectivity index is 1.42. The number of aromatic nitrogens is 4. The number of carbonyl (C=O) groups is 1. The van der Waals surface area contributed by atoms with E-state index in [0.29, 0.717) is 37.0 Å². The second kappa shape index (κ2) is 8.79. The maximum atomic E-state index is 14.3. The number of nitrogens with one attached hydrogen (secondary N) is 2. The maximum absolute atomic E-state index is 14.3. The summed E-state index contributed by atoms with van der Waals surface area (Å²) in [4.78, 5) is 23.4. The Labute approximate surface area is 178 Å². The summed E-state index contributed by atoms with van der Waals surface area (Å²) in [5.41, 5.74) is 0.967. The molecule has 3 aromatic rings. The van der Waals surface area contributed by atoms with E-state index in [0.717, 1.165) is 18.5 Å². The first-order valence-corrected chi connectivity index (χ1v) is 10.2. The molecule has 1 aliphatic heterocycles. The van der Waals surface area contributed by atoms with Crippen molar-refractivity contribution in [3.63, 3.8) is 0 Å². The number of nitrogens with zero attached hydrogens (tertiary/aromatic N) is 4. The van der Waals surface area contributed by atoms with Gasteiger partial charge in [0.15, 0.2) is 11.6 Å². The van der Waals surface area contributed by atoms with Crippen molar-refractivity contribution in [2.24, 2.45) is 5.92 Å². The number of halogens is 2. The van der Waals surface area contributed by atoms with Crippen molar-refractivity contribution in [2.45, 2.75) is 26.2 Å². The van der Waals surface area contributed by atoms with Gasteiger partial charge >= 0.3 is 0 Å². The highest BCUT2D eigenvalue weighted by Gasteiger charge is 2.27. The minimum atomic E-state index is -0.665. The van der Waals surface area contributed by atoms with Gasteiger partial charge in [0, 0.05) is 37.5 Å². The Hall–Kier alpha value is -3.00. The lowest BCUT2D eigenvalue weighted by molar-refractivity contribution is 0.0667. The molecule has 0 bridgehead atoms. The fourth-order valence-electron chi connectivity index (χ4n) is 3.69. The summed E-state index contributed by atoms with van der Waals surface area (Å²) in [7, 11) is 0. The number of hydrogen-bond donors (Lipinski definition) is 2. The lowest BCUT2D eigenvalue weighted by Crippen LogP contribution is -2.41. The molecule has 0 aliphatic carbocycles. The largest absolute Gasteiger partial charge is 0.338 e. The number of hydrogen-bond acceptors (Lipinski definition) is 5. The number of piperidine rings is 1.